The number of carbonyl (C=O) groups is 2. The second kappa shape index (κ2) is 9.30. The maximum atomic E-state index is 12.4. The number of rotatable bonds is 5. The van der Waals surface area contributed by atoms with Crippen molar-refractivity contribution in [3.8, 4) is 0 Å². The Kier molecular flexibility index (Phi) is 6.57. The zero-order valence-corrected chi connectivity index (χ0v) is 16.9. The molecule has 0 saturated carbocycles. The summed E-state index contributed by atoms with van der Waals surface area (Å²) in [4.78, 5) is 24.7. The van der Waals surface area contributed by atoms with Crippen molar-refractivity contribution in [3.63, 3.8) is 0 Å². The van der Waals surface area contributed by atoms with Crippen molar-refractivity contribution in [1.82, 2.24) is 5.43 Å². The molecule has 0 unspecified atom stereocenters. The van der Waals surface area contributed by atoms with E-state index in [0.717, 1.165) is 5.56 Å². The van der Waals surface area contributed by atoms with Crippen LogP contribution in [0.2, 0.25) is 5.02 Å². The van der Waals surface area contributed by atoms with Crippen LogP contribution in [-0.2, 0) is 0 Å². The van der Waals surface area contributed by atoms with Gasteiger partial charge in [0.1, 0.15) is 0 Å². The molecule has 0 aliphatic carbocycles. The van der Waals surface area contributed by atoms with Gasteiger partial charge in [0.2, 0.25) is 0 Å². The topological polar surface area (TPSA) is 70.6 Å². The Morgan fingerprint density at radius 1 is 0.929 bits per heavy atom. The molecule has 0 saturated heterocycles. The van der Waals surface area contributed by atoms with Gasteiger partial charge in [-0.25, -0.2) is 5.43 Å². The summed E-state index contributed by atoms with van der Waals surface area (Å²) in [5.41, 5.74) is 4.60. The SMILES string of the molecule is O=C(N/N=C/c1cccc(Cl)c1)c1cccc(NC(=O)c2ccccc2Br)c1. The second-order valence-electron chi connectivity index (χ2n) is 5.77. The molecule has 0 fully saturated rings. The van der Waals surface area contributed by atoms with Gasteiger partial charge in [0, 0.05) is 20.7 Å². The molecule has 0 bridgehead atoms. The van der Waals surface area contributed by atoms with Crippen LogP contribution in [0.4, 0.5) is 5.69 Å². The Morgan fingerprint density at radius 2 is 1.71 bits per heavy atom. The van der Waals surface area contributed by atoms with Gasteiger partial charge in [-0.1, -0.05) is 41.9 Å². The lowest BCUT2D eigenvalue weighted by molar-refractivity contribution is 0.0953. The summed E-state index contributed by atoms with van der Waals surface area (Å²) in [5, 5.41) is 7.30. The van der Waals surface area contributed by atoms with E-state index in [1.54, 1.807) is 60.7 Å². The number of nitrogens with zero attached hydrogens (tertiary/aromatic N) is 1. The third-order valence-corrected chi connectivity index (χ3v) is 4.66. The summed E-state index contributed by atoms with van der Waals surface area (Å²) in [6, 6.07) is 20.8. The van der Waals surface area contributed by atoms with E-state index < -0.39 is 5.91 Å². The Balaban J connectivity index is 1.66. The summed E-state index contributed by atoms with van der Waals surface area (Å²) in [6.07, 6.45) is 1.50. The monoisotopic (exact) mass is 455 g/mol. The van der Waals surface area contributed by atoms with Crippen molar-refractivity contribution >= 4 is 51.2 Å². The van der Waals surface area contributed by atoms with Gasteiger partial charge in [-0.15, -0.1) is 0 Å². The molecule has 140 valence electrons. The summed E-state index contributed by atoms with van der Waals surface area (Å²) < 4.78 is 0.691. The smallest absolute Gasteiger partial charge is 0.271 e. The number of benzene rings is 3. The van der Waals surface area contributed by atoms with Gasteiger partial charge in [-0.3, -0.25) is 9.59 Å². The first kappa shape index (κ1) is 19.8. The summed E-state index contributed by atoms with van der Waals surface area (Å²) in [6.45, 7) is 0. The maximum Gasteiger partial charge on any atom is 0.271 e. The molecular formula is C21H15BrClN3O2. The number of carbonyl (C=O) groups excluding carboxylic acids is 2. The minimum Gasteiger partial charge on any atom is -0.322 e. The Bertz CT molecular complexity index is 1050. The van der Waals surface area contributed by atoms with Gasteiger partial charge in [0.25, 0.3) is 11.8 Å². The van der Waals surface area contributed by atoms with Crippen LogP contribution in [0, 0.1) is 0 Å². The van der Waals surface area contributed by atoms with Gasteiger partial charge >= 0.3 is 0 Å². The molecule has 0 aliphatic rings. The summed E-state index contributed by atoms with van der Waals surface area (Å²) in [5.74, 6) is -0.667. The quantitative estimate of drug-likeness (QED) is 0.413. The van der Waals surface area contributed by atoms with E-state index in [0.29, 0.717) is 26.3 Å². The summed E-state index contributed by atoms with van der Waals surface area (Å²) >= 11 is 9.26. The molecule has 2 N–H and O–H groups in total. The minimum atomic E-state index is -0.393. The highest BCUT2D eigenvalue weighted by Gasteiger charge is 2.11. The molecule has 3 rings (SSSR count). The summed E-state index contributed by atoms with van der Waals surface area (Å²) in [7, 11) is 0. The van der Waals surface area contributed by atoms with E-state index in [1.807, 2.05) is 12.1 Å². The number of halogens is 2. The van der Waals surface area contributed by atoms with E-state index in [4.69, 9.17) is 11.6 Å². The van der Waals surface area contributed by atoms with E-state index in [1.165, 1.54) is 6.21 Å². The van der Waals surface area contributed by atoms with Crippen molar-refractivity contribution < 1.29 is 9.59 Å². The number of nitrogens with one attached hydrogen (secondary N) is 2. The first-order valence-electron chi connectivity index (χ1n) is 8.28. The molecule has 0 spiro atoms. The molecule has 5 nitrogen and oxygen atoms in total. The molecule has 7 heteroatoms. The predicted molar refractivity (Wildman–Crippen MR) is 115 cm³/mol. The van der Waals surface area contributed by atoms with Crippen LogP contribution in [-0.4, -0.2) is 18.0 Å². The van der Waals surface area contributed by atoms with Gasteiger partial charge in [0.05, 0.1) is 11.8 Å². The van der Waals surface area contributed by atoms with Gasteiger partial charge < -0.3 is 5.32 Å². The number of hydrazone groups is 1. The second-order valence-corrected chi connectivity index (χ2v) is 7.06. The molecular weight excluding hydrogens is 442 g/mol. The van der Waals surface area contributed by atoms with Crippen LogP contribution in [0.15, 0.2) is 82.4 Å². The number of anilines is 1. The molecule has 28 heavy (non-hydrogen) atoms. The largest absolute Gasteiger partial charge is 0.322 e. The number of amides is 2. The molecule has 0 aliphatic heterocycles. The Labute approximate surface area is 175 Å². The lowest BCUT2D eigenvalue weighted by Gasteiger charge is -2.08. The highest BCUT2D eigenvalue weighted by molar-refractivity contribution is 9.10. The van der Waals surface area contributed by atoms with Crippen LogP contribution in [0.25, 0.3) is 0 Å². The van der Waals surface area contributed by atoms with Gasteiger partial charge in [0.15, 0.2) is 0 Å². The zero-order chi connectivity index (χ0) is 19.9. The van der Waals surface area contributed by atoms with Gasteiger partial charge in [-0.2, -0.15) is 5.10 Å². The first-order chi connectivity index (χ1) is 13.5. The molecule has 0 heterocycles. The highest BCUT2D eigenvalue weighted by atomic mass is 79.9. The van der Waals surface area contributed by atoms with E-state index in [-0.39, 0.29) is 5.91 Å². The number of hydrogen-bond donors (Lipinski definition) is 2. The maximum absolute atomic E-state index is 12.4. The standard InChI is InChI=1S/C21H15BrClN3O2/c22-19-10-2-1-9-18(19)21(28)25-17-8-4-6-15(12-17)20(27)26-24-13-14-5-3-7-16(23)11-14/h1-13H,(H,25,28)(H,26,27)/b24-13+. The van der Waals surface area contributed by atoms with Crippen LogP contribution in [0.3, 0.4) is 0 Å². The van der Waals surface area contributed by atoms with E-state index >= 15 is 0 Å². The van der Waals surface area contributed by atoms with E-state index in [9.17, 15) is 9.59 Å². The van der Waals surface area contributed by atoms with Crippen LogP contribution in [0.1, 0.15) is 26.3 Å². The fourth-order valence-corrected chi connectivity index (χ4v) is 3.06. The normalized spacial score (nSPS) is 10.6. The third kappa shape index (κ3) is 5.28. The fraction of sp³-hybridized carbons (Fsp3) is 0. The molecule has 0 atom stereocenters. The molecule has 2 amide bonds. The average Bonchev–Trinajstić information content (AvgIpc) is 2.68. The van der Waals surface area contributed by atoms with Crippen LogP contribution in [0.5, 0.6) is 0 Å². The van der Waals surface area contributed by atoms with Crippen LogP contribution < -0.4 is 10.7 Å². The van der Waals surface area contributed by atoms with Crippen molar-refractivity contribution in [2.24, 2.45) is 5.10 Å². The highest BCUT2D eigenvalue weighted by Crippen LogP contribution is 2.18. The van der Waals surface area contributed by atoms with Crippen molar-refractivity contribution in [2.45, 2.75) is 0 Å². The zero-order valence-electron chi connectivity index (χ0n) is 14.5. The Hall–Kier alpha value is -2.96. The van der Waals surface area contributed by atoms with Gasteiger partial charge in [-0.05, 0) is 64.0 Å². The fourth-order valence-electron chi connectivity index (χ4n) is 2.40. The Morgan fingerprint density at radius 3 is 2.50 bits per heavy atom. The first-order valence-corrected chi connectivity index (χ1v) is 9.45. The molecule has 3 aromatic carbocycles. The number of hydrogen-bond acceptors (Lipinski definition) is 3. The lowest BCUT2D eigenvalue weighted by Crippen LogP contribution is -2.18. The minimum absolute atomic E-state index is 0.274. The van der Waals surface area contributed by atoms with E-state index in [2.05, 4.69) is 31.8 Å². The average molecular weight is 457 g/mol. The predicted octanol–water partition coefficient (Wildman–Crippen LogP) is 5.12. The molecule has 0 aromatic heterocycles. The van der Waals surface area contributed by atoms with Crippen molar-refractivity contribution in [1.29, 1.82) is 0 Å². The molecule has 0 radical (unpaired) electrons. The lowest BCUT2D eigenvalue weighted by atomic mass is 10.1. The van der Waals surface area contributed by atoms with Crippen molar-refractivity contribution in [3.05, 3.63) is 99.0 Å². The van der Waals surface area contributed by atoms with Crippen LogP contribution >= 0.6 is 27.5 Å². The van der Waals surface area contributed by atoms with Crippen molar-refractivity contribution in [2.75, 3.05) is 5.32 Å². The third-order valence-electron chi connectivity index (χ3n) is 3.73. The molecule has 3 aromatic rings.